The zero-order chi connectivity index (χ0) is 22.9. The average molecular weight is 446 g/mol. The van der Waals surface area contributed by atoms with Crippen molar-refractivity contribution in [2.45, 2.75) is 44.7 Å². The number of methoxy groups -OCH3 is 1. The Labute approximate surface area is 193 Å². The summed E-state index contributed by atoms with van der Waals surface area (Å²) in [6, 6.07) is 8.05. The van der Waals surface area contributed by atoms with Crippen LogP contribution in [0.1, 0.15) is 42.2 Å². The van der Waals surface area contributed by atoms with Crippen molar-refractivity contribution < 1.29 is 9.53 Å². The largest absolute Gasteiger partial charge is 0.494 e. The Balaban J connectivity index is 1.41. The van der Waals surface area contributed by atoms with Crippen molar-refractivity contribution >= 4 is 16.9 Å². The third-order valence-corrected chi connectivity index (χ3v) is 8.18. The summed E-state index contributed by atoms with van der Waals surface area (Å²) in [5.41, 5.74) is 10.7. The quantitative estimate of drug-likeness (QED) is 0.650. The van der Waals surface area contributed by atoms with Gasteiger partial charge >= 0.3 is 0 Å². The van der Waals surface area contributed by atoms with Crippen LogP contribution in [0.5, 0.6) is 5.75 Å². The van der Waals surface area contributed by atoms with E-state index in [0.717, 1.165) is 59.8 Å². The van der Waals surface area contributed by atoms with Crippen LogP contribution in [0.4, 0.5) is 0 Å². The van der Waals surface area contributed by atoms with Gasteiger partial charge in [-0.1, -0.05) is 6.92 Å². The number of aromatic nitrogens is 3. The molecule has 3 fully saturated rings. The number of carbonyl (C=O) groups excluding carboxylic acids is 1. The van der Waals surface area contributed by atoms with Crippen LogP contribution in [0, 0.1) is 17.8 Å². The molecule has 2 N–H and O–H groups in total. The Morgan fingerprint density at radius 2 is 2.12 bits per heavy atom. The van der Waals surface area contributed by atoms with Crippen molar-refractivity contribution in [3.8, 4) is 17.1 Å². The smallest absolute Gasteiger partial charge is 0.254 e. The summed E-state index contributed by atoms with van der Waals surface area (Å²) in [5.74, 6) is 3.43. The normalized spacial score (nSPS) is 28.0. The maximum absolute atomic E-state index is 13.4. The van der Waals surface area contributed by atoms with E-state index in [0.29, 0.717) is 23.1 Å². The average Bonchev–Trinajstić information content (AvgIpc) is 3.12. The van der Waals surface area contributed by atoms with Gasteiger partial charge in [-0.15, -0.1) is 0 Å². The van der Waals surface area contributed by atoms with E-state index in [9.17, 15) is 4.79 Å². The summed E-state index contributed by atoms with van der Waals surface area (Å²) in [6.45, 7) is 3.04. The molecule has 1 saturated heterocycles. The predicted octanol–water partition coefficient (Wildman–Crippen LogP) is 3.40. The molecule has 0 spiro atoms. The van der Waals surface area contributed by atoms with Crippen LogP contribution in [-0.2, 0) is 13.5 Å². The van der Waals surface area contributed by atoms with Crippen LogP contribution in [0.15, 0.2) is 30.5 Å². The van der Waals surface area contributed by atoms with Gasteiger partial charge in [-0.3, -0.25) is 9.78 Å². The molecule has 3 aliphatic rings. The van der Waals surface area contributed by atoms with Gasteiger partial charge in [0.25, 0.3) is 5.91 Å². The molecule has 33 heavy (non-hydrogen) atoms. The van der Waals surface area contributed by atoms with Crippen molar-refractivity contribution in [2.24, 2.45) is 30.5 Å². The van der Waals surface area contributed by atoms with Crippen LogP contribution in [-0.4, -0.2) is 51.1 Å². The first-order valence-corrected chi connectivity index (χ1v) is 12.0. The summed E-state index contributed by atoms with van der Waals surface area (Å²) < 4.78 is 7.80. The lowest BCUT2D eigenvalue weighted by Gasteiger charge is -2.27. The second kappa shape index (κ2) is 7.55. The summed E-state index contributed by atoms with van der Waals surface area (Å²) in [4.78, 5) is 25.1. The summed E-state index contributed by atoms with van der Waals surface area (Å²) >= 11 is 0. The number of hydrogen-bond donors (Lipinski definition) is 1. The van der Waals surface area contributed by atoms with E-state index < -0.39 is 0 Å². The molecule has 1 aromatic carbocycles. The number of aryl methyl sites for hydroxylation is 1. The van der Waals surface area contributed by atoms with Crippen molar-refractivity contribution in [3.05, 3.63) is 41.7 Å². The molecular formula is C26H31N5O2. The standard InChI is InChI=1S/C26H31N5O2/c1-14-9-16(14)10-19-18(5-4-8-28-19)25-29-20-11-17(12-22(33-3)24(20)30(25)2)26(32)31-13-15-6-7-21(31)23(15)27/h4-5,8,11-12,14-16,21,23H,6-7,9-10,13,27H2,1-3H3/t14?,15-,16?,21-,23-/m1/s1. The van der Waals surface area contributed by atoms with Crippen LogP contribution in [0.25, 0.3) is 22.4 Å². The number of fused-ring (bicyclic) bond motifs is 3. The number of rotatable bonds is 5. The number of nitrogens with zero attached hydrogens (tertiary/aromatic N) is 4. The zero-order valence-electron chi connectivity index (χ0n) is 19.5. The second-order valence-electron chi connectivity index (χ2n) is 10.2. The number of nitrogens with two attached hydrogens (primary N) is 1. The fraction of sp³-hybridized carbons (Fsp3) is 0.500. The molecule has 2 aliphatic carbocycles. The third kappa shape index (κ3) is 3.24. The fourth-order valence-corrected chi connectivity index (χ4v) is 6.01. The molecule has 0 radical (unpaired) electrons. The first-order chi connectivity index (χ1) is 16.0. The van der Waals surface area contributed by atoms with Gasteiger partial charge in [-0.25, -0.2) is 4.98 Å². The van der Waals surface area contributed by atoms with Gasteiger partial charge in [-0.05, 0) is 67.7 Å². The maximum Gasteiger partial charge on any atom is 0.254 e. The van der Waals surface area contributed by atoms with Crippen molar-refractivity contribution in [3.63, 3.8) is 0 Å². The van der Waals surface area contributed by atoms with Gasteiger partial charge < -0.3 is 19.9 Å². The SMILES string of the molecule is COc1cc(C(=O)N2C[C@H]3CC[C@@H]2[C@@H]3N)cc2nc(-c3cccnc3CC3CC3C)n(C)c12. The highest BCUT2D eigenvalue weighted by Crippen LogP contribution is 2.42. The number of imidazole rings is 1. The predicted molar refractivity (Wildman–Crippen MR) is 127 cm³/mol. The van der Waals surface area contributed by atoms with E-state index in [1.54, 1.807) is 7.11 Å². The van der Waals surface area contributed by atoms with Crippen LogP contribution >= 0.6 is 0 Å². The highest BCUT2D eigenvalue weighted by atomic mass is 16.5. The summed E-state index contributed by atoms with van der Waals surface area (Å²) in [5, 5.41) is 0. The van der Waals surface area contributed by atoms with E-state index in [-0.39, 0.29) is 18.0 Å². The number of ether oxygens (including phenoxy) is 1. The molecule has 3 aromatic rings. The van der Waals surface area contributed by atoms with Crippen LogP contribution < -0.4 is 10.5 Å². The van der Waals surface area contributed by atoms with E-state index in [2.05, 4.69) is 17.6 Å². The Hall–Kier alpha value is -2.93. The monoisotopic (exact) mass is 445 g/mol. The fourth-order valence-electron chi connectivity index (χ4n) is 6.01. The van der Waals surface area contributed by atoms with E-state index >= 15 is 0 Å². The van der Waals surface area contributed by atoms with Gasteiger partial charge in [0.15, 0.2) is 0 Å². The summed E-state index contributed by atoms with van der Waals surface area (Å²) in [7, 11) is 3.65. The lowest BCUT2D eigenvalue weighted by molar-refractivity contribution is 0.0700. The van der Waals surface area contributed by atoms with E-state index in [1.807, 2.05) is 36.3 Å². The number of benzene rings is 1. The molecular weight excluding hydrogens is 414 g/mol. The Morgan fingerprint density at radius 1 is 1.30 bits per heavy atom. The van der Waals surface area contributed by atoms with Gasteiger partial charge in [0, 0.05) is 43.0 Å². The molecule has 2 unspecified atom stereocenters. The van der Waals surface area contributed by atoms with Crippen molar-refractivity contribution in [2.75, 3.05) is 13.7 Å². The van der Waals surface area contributed by atoms with Gasteiger partial charge in [-0.2, -0.15) is 0 Å². The molecule has 2 saturated carbocycles. The first kappa shape index (κ1) is 20.7. The van der Waals surface area contributed by atoms with Crippen molar-refractivity contribution in [1.82, 2.24) is 19.4 Å². The van der Waals surface area contributed by atoms with Crippen LogP contribution in [0.3, 0.4) is 0 Å². The molecule has 172 valence electrons. The molecule has 2 aromatic heterocycles. The Morgan fingerprint density at radius 3 is 2.79 bits per heavy atom. The topological polar surface area (TPSA) is 86.3 Å². The van der Waals surface area contributed by atoms with E-state index in [1.165, 1.54) is 6.42 Å². The van der Waals surface area contributed by atoms with Crippen molar-refractivity contribution in [1.29, 1.82) is 0 Å². The summed E-state index contributed by atoms with van der Waals surface area (Å²) in [6.07, 6.45) is 6.21. The molecule has 2 bridgehead atoms. The Bertz CT molecular complexity index is 1250. The van der Waals surface area contributed by atoms with Crippen LogP contribution in [0.2, 0.25) is 0 Å². The molecule has 7 nitrogen and oxygen atoms in total. The molecule has 1 amide bonds. The Kier molecular flexibility index (Phi) is 4.73. The number of pyridine rings is 1. The lowest BCUT2D eigenvalue weighted by atomic mass is 10.1. The van der Waals surface area contributed by atoms with Gasteiger partial charge in [0.2, 0.25) is 0 Å². The second-order valence-corrected chi connectivity index (χ2v) is 10.2. The first-order valence-electron chi connectivity index (χ1n) is 12.0. The number of likely N-dealkylation sites (tertiary alicyclic amines) is 1. The lowest BCUT2D eigenvalue weighted by Crippen LogP contribution is -2.41. The van der Waals surface area contributed by atoms with Gasteiger partial charge in [0.05, 0.1) is 18.3 Å². The number of amides is 1. The molecule has 6 rings (SSSR count). The minimum absolute atomic E-state index is 0.0230. The number of hydrogen-bond acceptors (Lipinski definition) is 5. The number of piperidine rings is 1. The minimum atomic E-state index is 0.0230. The molecule has 5 atom stereocenters. The molecule has 3 heterocycles. The highest BCUT2D eigenvalue weighted by Gasteiger charge is 2.47. The zero-order valence-corrected chi connectivity index (χ0v) is 19.5. The highest BCUT2D eigenvalue weighted by molar-refractivity contribution is 6.00. The maximum atomic E-state index is 13.4. The molecule has 7 heteroatoms. The van der Waals surface area contributed by atoms with Gasteiger partial charge in [0.1, 0.15) is 17.1 Å². The minimum Gasteiger partial charge on any atom is -0.494 e. The van der Waals surface area contributed by atoms with E-state index in [4.69, 9.17) is 20.4 Å². The third-order valence-electron chi connectivity index (χ3n) is 8.18. The molecule has 1 aliphatic heterocycles. The number of carbonyl (C=O) groups is 1.